The first-order chi connectivity index (χ1) is 10.2. The molecule has 0 aliphatic carbocycles. The molecule has 12 heteroatoms. The molecule has 1 aliphatic heterocycles. The molecule has 0 unspecified atom stereocenters. The third-order valence-corrected chi connectivity index (χ3v) is 6.18. The van der Waals surface area contributed by atoms with Crippen LogP contribution in [-0.4, -0.2) is 54.1 Å². The van der Waals surface area contributed by atoms with E-state index in [4.69, 9.17) is 11.6 Å². The van der Waals surface area contributed by atoms with E-state index >= 15 is 0 Å². The van der Waals surface area contributed by atoms with Crippen LogP contribution in [0.15, 0.2) is 16.6 Å². The molecule has 1 fully saturated rings. The molecule has 6 nitrogen and oxygen atoms in total. The number of aromatic nitrogens is 2. The maximum absolute atomic E-state index is 12.7. The average Bonchev–Trinajstić information content (AvgIpc) is 2.97. The Morgan fingerprint density at radius 1 is 1.45 bits per heavy atom. The van der Waals surface area contributed by atoms with Gasteiger partial charge in [0.2, 0.25) is 0 Å². The largest absolute Gasteiger partial charge is 0.415 e. The molecular weight excluding hydrogens is 367 g/mol. The third kappa shape index (κ3) is 2.60. The van der Waals surface area contributed by atoms with E-state index in [1.807, 2.05) is 0 Å². The van der Waals surface area contributed by atoms with Crippen molar-refractivity contribution in [3.63, 3.8) is 0 Å². The summed E-state index contributed by atoms with van der Waals surface area (Å²) in [5, 5.41) is 1.02. The topological polar surface area (TPSA) is 63.9 Å². The molecule has 0 N–H and O–H groups in total. The van der Waals surface area contributed by atoms with E-state index in [9.17, 15) is 21.6 Å². The third-order valence-electron chi connectivity index (χ3n) is 3.16. The van der Waals surface area contributed by atoms with Crippen molar-refractivity contribution in [3.8, 4) is 0 Å². The zero-order chi connectivity index (χ0) is 16.1. The van der Waals surface area contributed by atoms with Gasteiger partial charge in [0.05, 0.1) is 6.61 Å². The first kappa shape index (κ1) is 16.0. The number of rotatable bonds is 2. The van der Waals surface area contributed by atoms with E-state index in [2.05, 4.69) is 9.72 Å². The number of alkyl halides is 3. The number of hydrogen-bond donors (Lipinski definition) is 0. The van der Waals surface area contributed by atoms with Gasteiger partial charge in [0.25, 0.3) is 10.0 Å². The lowest BCUT2D eigenvalue weighted by Crippen LogP contribution is -2.51. The summed E-state index contributed by atoms with van der Waals surface area (Å²) in [5.41, 5.74) is 0. The summed E-state index contributed by atoms with van der Waals surface area (Å²) in [6, 6.07) is 0. The van der Waals surface area contributed by atoms with Crippen LogP contribution in [0.5, 0.6) is 0 Å². The molecule has 0 saturated carbocycles. The standard InChI is InChI=1S/C10H9ClF3N3O3S2/c11-7-8(17-2-4-21-9(17)15-7)22(18,19)16-1-3-20-6(5-16)10(12,13)14/h2,4,6H,1,3,5H2/t6-/m1/s1. The van der Waals surface area contributed by atoms with Gasteiger partial charge in [-0.05, 0) is 0 Å². The Bertz CT molecular complexity index is 801. The minimum absolute atomic E-state index is 0.178. The average molecular weight is 376 g/mol. The van der Waals surface area contributed by atoms with E-state index in [0.717, 1.165) is 4.31 Å². The molecule has 3 heterocycles. The molecule has 0 spiro atoms. The highest BCUT2D eigenvalue weighted by Gasteiger charge is 2.46. The lowest BCUT2D eigenvalue weighted by atomic mass is 10.3. The molecule has 0 aromatic carbocycles. The molecule has 0 radical (unpaired) electrons. The Kier molecular flexibility index (Phi) is 3.88. The minimum Gasteiger partial charge on any atom is -0.366 e. The smallest absolute Gasteiger partial charge is 0.366 e. The van der Waals surface area contributed by atoms with Gasteiger partial charge in [0, 0.05) is 24.7 Å². The van der Waals surface area contributed by atoms with Crippen LogP contribution < -0.4 is 0 Å². The van der Waals surface area contributed by atoms with Crippen LogP contribution in [0.1, 0.15) is 0 Å². The van der Waals surface area contributed by atoms with Crippen molar-refractivity contribution in [2.24, 2.45) is 0 Å². The van der Waals surface area contributed by atoms with Crippen LogP contribution in [0.4, 0.5) is 13.2 Å². The van der Waals surface area contributed by atoms with Crippen molar-refractivity contribution < 1.29 is 26.3 Å². The molecule has 1 atom stereocenters. The van der Waals surface area contributed by atoms with Crippen molar-refractivity contribution in [1.82, 2.24) is 13.7 Å². The molecule has 122 valence electrons. The molecule has 2 aromatic heterocycles. The Hall–Kier alpha value is -0.880. The summed E-state index contributed by atoms with van der Waals surface area (Å²) in [6.07, 6.45) is -5.33. The zero-order valence-corrected chi connectivity index (χ0v) is 13.1. The normalized spacial score (nSPS) is 21.5. The van der Waals surface area contributed by atoms with Crippen LogP contribution >= 0.6 is 22.9 Å². The van der Waals surface area contributed by atoms with Crippen molar-refractivity contribution in [1.29, 1.82) is 0 Å². The summed E-state index contributed by atoms with van der Waals surface area (Å²) >= 11 is 7.02. The summed E-state index contributed by atoms with van der Waals surface area (Å²) in [4.78, 5) is 4.24. The predicted molar refractivity (Wildman–Crippen MR) is 72.6 cm³/mol. The monoisotopic (exact) mass is 375 g/mol. The Morgan fingerprint density at radius 2 is 2.18 bits per heavy atom. The molecule has 3 rings (SSSR count). The summed E-state index contributed by atoms with van der Waals surface area (Å²) in [5.74, 6) is 0. The Labute approximate surface area is 132 Å². The van der Waals surface area contributed by atoms with E-state index in [1.54, 1.807) is 5.38 Å². The molecule has 22 heavy (non-hydrogen) atoms. The number of ether oxygens (including phenoxy) is 1. The van der Waals surface area contributed by atoms with Crippen LogP contribution in [0, 0.1) is 0 Å². The molecule has 2 aromatic rings. The fourth-order valence-electron chi connectivity index (χ4n) is 2.13. The van der Waals surface area contributed by atoms with Gasteiger partial charge in [-0.25, -0.2) is 13.4 Å². The number of hydrogen-bond acceptors (Lipinski definition) is 5. The minimum atomic E-state index is -4.63. The van der Waals surface area contributed by atoms with Crippen molar-refractivity contribution >= 4 is 37.9 Å². The maximum atomic E-state index is 12.7. The lowest BCUT2D eigenvalue weighted by molar-refractivity contribution is -0.231. The highest BCUT2D eigenvalue weighted by Crippen LogP contribution is 2.31. The van der Waals surface area contributed by atoms with Gasteiger partial charge in [0.15, 0.2) is 21.2 Å². The van der Waals surface area contributed by atoms with Gasteiger partial charge in [0.1, 0.15) is 0 Å². The highest BCUT2D eigenvalue weighted by molar-refractivity contribution is 7.89. The lowest BCUT2D eigenvalue weighted by Gasteiger charge is -2.32. The maximum Gasteiger partial charge on any atom is 0.415 e. The van der Waals surface area contributed by atoms with Crippen LogP contribution in [0.2, 0.25) is 5.15 Å². The predicted octanol–water partition coefficient (Wildman–Crippen LogP) is 2.00. The van der Waals surface area contributed by atoms with Crippen molar-refractivity contribution in [2.75, 3.05) is 19.7 Å². The first-order valence-electron chi connectivity index (χ1n) is 6.01. The quantitative estimate of drug-likeness (QED) is 0.805. The van der Waals surface area contributed by atoms with Crippen LogP contribution in [-0.2, 0) is 14.8 Å². The van der Waals surface area contributed by atoms with Gasteiger partial charge in [-0.3, -0.25) is 4.40 Å². The molecule has 1 saturated heterocycles. The van der Waals surface area contributed by atoms with Gasteiger partial charge in [-0.15, -0.1) is 11.3 Å². The van der Waals surface area contributed by atoms with E-state index in [1.165, 1.54) is 21.9 Å². The number of thiazole rings is 1. The van der Waals surface area contributed by atoms with Gasteiger partial charge in [-0.2, -0.15) is 17.5 Å². The molecule has 0 bridgehead atoms. The highest BCUT2D eigenvalue weighted by atomic mass is 35.5. The van der Waals surface area contributed by atoms with E-state index in [-0.39, 0.29) is 23.3 Å². The van der Waals surface area contributed by atoms with Gasteiger partial charge in [-0.1, -0.05) is 11.6 Å². The number of imidazole rings is 1. The first-order valence-corrected chi connectivity index (χ1v) is 8.70. The van der Waals surface area contributed by atoms with Crippen molar-refractivity contribution in [2.45, 2.75) is 17.3 Å². The number of halogens is 4. The van der Waals surface area contributed by atoms with E-state index in [0.29, 0.717) is 4.96 Å². The van der Waals surface area contributed by atoms with Crippen LogP contribution in [0.3, 0.4) is 0 Å². The van der Waals surface area contributed by atoms with Crippen LogP contribution in [0.25, 0.3) is 4.96 Å². The van der Waals surface area contributed by atoms with Crippen molar-refractivity contribution in [3.05, 3.63) is 16.7 Å². The Morgan fingerprint density at radius 3 is 2.86 bits per heavy atom. The number of fused-ring (bicyclic) bond motifs is 1. The second-order valence-electron chi connectivity index (χ2n) is 4.53. The van der Waals surface area contributed by atoms with E-state index < -0.39 is 28.8 Å². The molecule has 0 amide bonds. The number of nitrogens with zero attached hydrogens (tertiary/aromatic N) is 3. The summed E-state index contributed by atoms with van der Waals surface area (Å²) < 4.78 is 70.0. The SMILES string of the molecule is O=S(=O)(c1c(Cl)nc2sccn12)N1CCO[C@@H](C(F)(F)F)C1. The molecular formula is C10H9ClF3N3O3S2. The molecule has 1 aliphatic rings. The van der Waals surface area contributed by atoms with Gasteiger partial charge >= 0.3 is 6.18 Å². The Balaban J connectivity index is 1.99. The summed E-state index contributed by atoms with van der Waals surface area (Å²) in [6.45, 7) is -1.32. The number of sulfonamides is 1. The zero-order valence-electron chi connectivity index (χ0n) is 10.7. The number of morpholine rings is 1. The van der Waals surface area contributed by atoms with Gasteiger partial charge < -0.3 is 4.74 Å². The second-order valence-corrected chi connectivity index (χ2v) is 7.61. The summed E-state index contributed by atoms with van der Waals surface area (Å²) in [7, 11) is -4.21. The second kappa shape index (κ2) is 5.34. The fourth-order valence-corrected chi connectivity index (χ4v) is 4.96. The fraction of sp³-hybridized carbons (Fsp3) is 0.500.